The molecule has 172 valence electrons. The third-order valence-electron chi connectivity index (χ3n) is 5.16. The van der Waals surface area contributed by atoms with Crippen LogP contribution in [0.3, 0.4) is 0 Å². The van der Waals surface area contributed by atoms with Crippen LogP contribution in [0, 0.1) is 0 Å². The Hall–Kier alpha value is -3.22. The highest BCUT2D eigenvalue weighted by molar-refractivity contribution is 6.05. The SMILES string of the molecule is CCCOc1ccccc1NC(=O)c1ccc(OCC(=O)N2CCCCC2)c(OCC)c1. The van der Waals surface area contributed by atoms with Crippen LogP contribution >= 0.6 is 0 Å². The Bertz CT molecular complexity index is 909. The maximum atomic E-state index is 12.9. The molecule has 1 heterocycles. The van der Waals surface area contributed by atoms with Gasteiger partial charge in [-0.05, 0) is 62.9 Å². The number of ether oxygens (including phenoxy) is 3. The van der Waals surface area contributed by atoms with E-state index in [1.807, 2.05) is 36.9 Å². The van der Waals surface area contributed by atoms with E-state index in [-0.39, 0.29) is 18.4 Å². The van der Waals surface area contributed by atoms with Crippen LogP contribution in [0.2, 0.25) is 0 Å². The molecule has 0 unspecified atom stereocenters. The normalized spacial score (nSPS) is 13.4. The quantitative estimate of drug-likeness (QED) is 0.588. The van der Waals surface area contributed by atoms with Crippen LogP contribution < -0.4 is 19.5 Å². The molecule has 7 nitrogen and oxygen atoms in total. The monoisotopic (exact) mass is 440 g/mol. The fourth-order valence-electron chi connectivity index (χ4n) is 3.51. The van der Waals surface area contributed by atoms with Crippen molar-refractivity contribution in [3.63, 3.8) is 0 Å². The summed E-state index contributed by atoms with van der Waals surface area (Å²) < 4.78 is 17.1. The summed E-state index contributed by atoms with van der Waals surface area (Å²) in [6.45, 7) is 6.38. The number of hydrogen-bond acceptors (Lipinski definition) is 5. The Balaban J connectivity index is 1.68. The van der Waals surface area contributed by atoms with Gasteiger partial charge in [0, 0.05) is 18.7 Å². The lowest BCUT2D eigenvalue weighted by molar-refractivity contribution is -0.134. The van der Waals surface area contributed by atoms with Crippen molar-refractivity contribution in [3.05, 3.63) is 48.0 Å². The predicted molar refractivity (Wildman–Crippen MR) is 124 cm³/mol. The van der Waals surface area contributed by atoms with Gasteiger partial charge < -0.3 is 24.4 Å². The van der Waals surface area contributed by atoms with Crippen LogP contribution in [-0.2, 0) is 4.79 Å². The largest absolute Gasteiger partial charge is 0.491 e. The first-order chi connectivity index (χ1) is 15.6. The van der Waals surface area contributed by atoms with Gasteiger partial charge in [0.25, 0.3) is 11.8 Å². The van der Waals surface area contributed by atoms with E-state index < -0.39 is 0 Å². The molecule has 1 fully saturated rings. The molecular weight excluding hydrogens is 408 g/mol. The van der Waals surface area contributed by atoms with Gasteiger partial charge in [0.1, 0.15) is 5.75 Å². The summed E-state index contributed by atoms with van der Waals surface area (Å²) in [6.07, 6.45) is 4.11. The first-order valence-electron chi connectivity index (χ1n) is 11.3. The first-order valence-corrected chi connectivity index (χ1v) is 11.3. The second-order valence-electron chi connectivity index (χ2n) is 7.62. The molecular formula is C25H32N2O5. The molecule has 2 aromatic rings. The lowest BCUT2D eigenvalue weighted by atomic mass is 10.1. The molecule has 1 aliphatic rings. The summed E-state index contributed by atoms with van der Waals surface area (Å²) >= 11 is 0. The number of likely N-dealkylation sites (tertiary alicyclic amines) is 1. The van der Waals surface area contributed by atoms with Crippen molar-refractivity contribution in [3.8, 4) is 17.2 Å². The Kier molecular flexibility index (Phi) is 8.78. The van der Waals surface area contributed by atoms with Crippen molar-refractivity contribution < 1.29 is 23.8 Å². The zero-order valence-corrected chi connectivity index (χ0v) is 18.9. The lowest BCUT2D eigenvalue weighted by Gasteiger charge is -2.26. The minimum Gasteiger partial charge on any atom is -0.491 e. The molecule has 3 rings (SSSR count). The third-order valence-corrected chi connectivity index (χ3v) is 5.16. The highest BCUT2D eigenvalue weighted by atomic mass is 16.5. The number of rotatable bonds is 10. The van der Waals surface area contributed by atoms with E-state index in [9.17, 15) is 9.59 Å². The summed E-state index contributed by atoms with van der Waals surface area (Å²) in [6, 6.07) is 12.3. The van der Waals surface area contributed by atoms with Crippen LogP contribution in [-0.4, -0.2) is 49.6 Å². The minimum atomic E-state index is -0.283. The van der Waals surface area contributed by atoms with Gasteiger partial charge in [-0.25, -0.2) is 0 Å². The number of carbonyl (C=O) groups is 2. The summed E-state index contributed by atoms with van der Waals surface area (Å²) in [5.41, 5.74) is 1.03. The fourth-order valence-corrected chi connectivity index (χ4v) is 3.51. The van der Waals surface area contributed by atoms with Gasteiger partial charge in [0.05, 0.1) is 18.9 Å². The van der Waals surface area contributed by atoms with Gasteiger partial charge in [-0.3, -0.25) is 9.59 Å². The van der Waals surface area contributed by atoms with Crippen LogP contribution in [0.4, 0.5) is 5.69 Å². The maximum absolute atomic E-state index is 12.9. The molecule has 32 heavy (non-hydrogen) atoms. The predicted octanol–water partition coefficient (Wildman–Crippen LogP) is 4.52. The Labute approximate surface area is 189 Å². The van der Waals surface area contributed by atoms with Crippen LogP contribution in [0.1, 0.15) is 49.9 Å². The smallest absolute Gasteiger partial charge is 0.260 e. The number of hydrogen-bond donors (Lipinski definition) is 1. The van der Waals surface area contributed by atoms with Crippen molar-refractivity contribution in [1.29, 1.82) is 0 Å². The Morgan fingerprint density at radius 3 is 2.44 bits per heavy atom. The van der Waals surface area contributed by atoms with Crippen molar-refractivity contribution >= 4 is 17.5 Å². The number of carbonyl (C=O) groups excluding carboxylic acids is 2. The van der Waals surface area contributed by atoms with Gasteiger partial charge in [-0.2, -0.15) is 0 Å². The molecule has 0 saturated carbocycles. The standard InChI is InChI=1S/C25H32N2O5/c1-3-16-31-21-11-7-6-10-20(21)26-25(29)19-12-13-22(23(17-19)30-4-2)32-18-24(28)27-14-8-5-9-15-27/h6-7,10-13,17H,3-5,8-9,14-16,18H2,1-2H3,(H,26,29). The van der Waals surface area contributed by atoms with Crippen molar-refractivity contribution in [1.82, 2.24) is 4.90 Å². The minimum absolute atomic E-state index is 0.0299. The zero-order chi connectivity index (χ0) is 22.8. The van der Waals surface area contributed by atoms with E-state index in [4.69, 9.17) is 14.2 Å². The summed E-state index contributed by atoms with van der Waals surface area (Å²) in [5, 5.41) is 2.90. The van der Waals surface area contributed by atoms with E-state index in [1.54, 1.807) is 24.3 Å². The highest BCUT2D eigenvalue weighted by Gasteiger charge is 2.19. The second-order valence-corrected chi connectivity index (χ2v) is 7.62. The number of amides is 2. The molecule has 7 heteroatoms. The van der Waals surface area contributed by atoms with Crippen LogP contribution in [0.25, 0.3) is 0 Å². The third kappa shape index (κ3) is 6.39. The van der Waals surface area contributed by atoms with Crippen molar-refractivity contribution in [2.75, 3.05) is 38.2 Å². The lowest BCUT2D eigenvalue weighted by Crippen LogP contribution is -2.38. The van der Waals surface area contributed by atoms with Gasteiger partial charge in [-0.1, -0.05) is 19.1 Å². The van der Waals surface area contributed by atoms with E-state index in [0.29, 0.717) is 41.7 Å². The Morgan fingerprint density at radius 1 is 0.906 bits per heavy atom. The van der Waals surface area contributed by atoms with Crippen molar-refractivity contribution in [2.45, 2.75) is 39.5 Å². The molecule has 0 aromatic heterocycles. The molecule has 1 aliphatic heterocycles. The average molecular weight is 441 g/mol. The number of nitrogens with zero attached hydrogens (tertiary/aromatic N) is 1. The fraction of sp³-hybridized carbons (Fsp3) is 0.440. The Morgan fingerprint density at radius 2 is 1.69 bits per heavy atom. The summed E-state index contributed by atoms with van der Waals surface area (Å²) in [5.74, 6) is 1.19. The molecule has 0 bridgehead atoms. The second kappa shape index (κ2) is 12.0. The van der Waals surface area contributed by atoms with Gasteiger partial charge in [0.2, 0.25) is 0 Å². The van der Waals surface area contributed by atoms with E-state index in [0.717, 1.165) is 38.8 Å². The molecule has 1 saturated heterocycles. The number of benzene rings is 2. The first kappa shape index (κ1) is 23.4. The average Bonchev–Trinajstić information content (AvgIpc) is 2.83. The summed E-state index contributed by atoms with van der Waals surface area (Å²) in [7, 11) is 0. The number of piperidine rings is 1. The number of para-hydroxylation sites is 2. The maximum Gasteiger partial charge on any atom is 0.260 e. The number of anilines is 1. The zero-order valence-electron chi connectivity index (χ0n) is 18.9. The van der Waals surface area contributed by atoms with Crippen molar-refractivity contribution in [2.24, 2.45) is 0 Å². The molecule has 0 atom stereocenters. The number of nitrogens with one attached hydrogen (secondary N) is 1. The molecule has 2 aromatic carbocycles. The van der Waals surface area contributed by atoms with Crippen LogP contribution in [0.15, 0.2) is 42.5 Å². The molecule has 0 aliphatic carbocycles. The van der Waals surface area contributed by atoms with Gasteiger partial charge in [0.15, 0.2) is 18.1 Å². The summed E-state index contributed by atoms with van der Waals surface area (Å²) in [4.78, 5) is 27.1. The van der Waals surface area contributed by atoms with E-state index in [2.05, 4.69) is 5.32 Å². The molecule has 0 spiro atoms. The van der Waals surface area contributed by atoms with Gasteiger partial charge >= 0.3 is 0 Å². The topological polar surface area (TPSA) is 77.1 Å². The highest BCUT2D eigenvalue weighted by Crippen LogP contribution is 2.30. The van der Waals surface area contributed by atoms with Crippen LogP contribution in [0.5, 0.6) is 17.2 Å². The molecule has 0 radical (unpaired) electrons. The van der Waals surface area contributed by atoms with E-state index in [1.165, 1.54) is 0 Å². The van der Waals surface area contributed by atoms with Gasteiger partial charge in [-0.15, -0.1) is 0 Å². The molecule has 2 amide bonds. The van der Waals surface area contributed by atoms with E-state index >= 15 is 0 Å². The molecule has 1 N–H and O–H groups in total.